The number of carbonyl (C=O) groups is 1. The number of nitrogens with zero attached hydrogens (tertiary/aromatic N) is 2. The van der Waals surface area contributed by atoms with E-state index in [0.717, 1.165) is 5.92 Å². The van der Waals surface area contributed by atoms with Crippen molar-refractivity contribution >= 4 is 5.91 Å². The van der Waals surface area contributed by atoms with Gasteiger partial charge in [0.05, 0.1) is 0 Å². The van der Waals surface area contributed by atoms with Crippen molar-refractivity contribution in [2.45, 2.75) is 13.8 Å². The van der Waals surface area contributed by atoms with E-state index in [1.165, 1.54) is 0 Å². The molecule has 5 nitrogen and oxygen atoms in total. The van der Waals surface area contributed by atoms with Gasteiger partial charge in [-0.15, -0.1) is 0 Å². The lowest BCUT2D eigenvalue weighted by molar-refractivity contribution is 0.0958. The van der Waals surface area contributed by atoms with Crippen molar-refractivity contribution in [1.82, 2.24) is 10.1 Å². The molecule has 1 radical (unpaired) electrons. The molecule has 0 fully saturated rings. The lowest BCUT2D eigenvalue weighted by atomic mass is 10.2. The van der Waals surface area contributed by atoms with Gasteiger partial charge in [-0.2, -0.15) is 4.98 Å². The van der Waals surface area contributed by atoms with Crippen molar-refractivity contribution in [3.05, 3.63) is 17.6 Å². The molecule has 1 amide bonds. The van der Waals surface area contributed by atoms with Crippen LogP contribution in [0.1, 0.15) is 30.4 Å². The van der Waals surface area contributed by atoms with Gasteiger partial charge in [0, 0.05) is 5.92 Å². The third kappa shape index (κ3) is 1.54. The van der Waals surface area contributed by atoms with Gasteiger partial charge in [-0.1, -0.05) is 19.0 Å². The first-order chi connectivity index (χ1) is 5.11. The molecule has 0 atom stereocenters. The number of nitrogens with two attached hydrogens (primary N) is 1. The largest absolute Gasteiger partial charge is 0.361 e. The predicted octanol–water partition coefficient (Wildman–Crippen LogP) is 0.131. The first-order valence-corrected chi connectivity index (χ1v) is 3.05. The number of amides is 1. The Kier molecular flexibility index (Phi) is 1.89. The predicted molar refractivity (Wildman–Crippen MR) is 36.5 cm³/mol. The van der Waals surface area contributed by atoms with E-state index >= 15 is 0 Å². The van der Waals surface area contributed by atoms with E-state index in [9.17, 15) is 4.79 Å². The van der Waals surface area contributed by atoms with Gasteiger partial charge in [0.2, 0.25) is 0 Å². The zero-order valence-electron chi connectivity index (χ0n) is 6.29. The van der Waals surface area contributed by atoms with Crippen molar-refractivity contribution < 1.29 is 9.32 Å². The van der Waals surface area contributed by atoms with Crippen molar-refractivity contribution in [3.8, 4) is 0 Å². The highest BCUT2D eigenvalue weighted by Crippen LogP contribution is 2.07. The molecule has 1 heterocycles. The van der Waals surface area contributed by atoms with E-state index in [-0.39, 0.29) is 5.89 Å². The number of rotatable bonds is 2. The first-order valence-electron chi connectivity index (χ1n) is 3.05. The Morgan fingerprint density at radius 2 is 2.18 bits per heavy atom. The van der Waals surface area contributed by atoms with Crippen LogP contribution in [0.2, 0.25) is 0 Å². The van der Waals surface area contributed by atoms with Gasteiger partial charge in [0.1, 0.15) is 0 Å². The lowest BCUT2D eigenvalue weighted by Crippen LogP contribution is -2.11. The van der Waals surface area contributed by atoms with Crippen LogP contribution in [-0.4, -0.2) is 16.0 Å². The molecule has 0 aromatic carbocycles. The minimum atomic E-state index is -0.704. The molecule has 1 aromatic heterocycles. The third-order valence-corrected chi connectivity index (χ3v) is 1.08. The summed E-state index contributed by atoms with van der Waals surface area (Å²) < 4.78 is 4.53. The monoisotopic (exact) mass is 154 g/mol. The summed E-state index contributed by atoms with van der Waals surface area (Å²) in [7, 11) is 0. The van der Waals surface area contributed by atoms with Crippen molar-refractivity contribution in [2.24, 2.45) is 5.73 Å². The fourth-order valence-electron chi connectivity index (χ4n) is 0.527. The molecule has 0 spiro atoms. The molecule has 0 bridgehead atoms. The summed E-state index contributed by atoms with van der Waals surface area (Å²) in [6.45, 7) is 3.63. The highest BCUT2D eigenvalue weighted by Gasteiger charge is 2.13. The number of hydrogen-bond acceptors (Lipinski definition) is 4. The summed E-state index contributed by atoms with van der Waals surface area (Å²) in [5.74, 6) is 0.436. The molecule has 5 heteroatoms. The van der Waals surface area contributed by atoms with Crippen LogP contribution in [0.15, 0.2) is 4.52 Å². The first kappa shape index (κ1) is 7.71. The van der Waals surface area contributed by atoms with E-state index in [1.807, 2.05) is 13.8 Å². The molecule has 0 saturated heterocycles. The van der Waals surface area contributed by atoms with Crippen molar-refractivity contribution in [1.29, 1.82) is 0 Å². The Balaban J connectivity index is 2.90. The number of primary amides is 1. The summed E-state index contributed by atoms with van der Waals surface area (Å²) in [4.78, 5) is 14.2. The van der Waals surface area contributed by atoms with Gasteiger partial charge in [-0.25, -0.2) is 0 Å². The zero-order chi connectivity index (χ0) is 8.43. The molecule has 0 aliphatic heterocycles. The van der Waals surface area contributed by atoms with Gasteiger partial charge in [0.25, 0.3) is 0 Å². The summed E-state index contributed by atoms with van der Waals surface area (Å²) >= 11 is 0. The zero-order valence-corrected chi connectivity index (χ0v) is 6.29. The van der Waals surface area contributed by atoms with E-state index in [4.69, 9.17) is 5.73 Å². The molecular weight excluding hydrogens is 146 g/mol. The van der Waals surface area contributed by atoms with E-state index in [0.29, 0.717) is 5.82 Å². The van der Waals surface area contributed by atoms with Crippen LogP contribution in [0.4, 0.5) is 0 Å². The van der Waals surface area contributed by atoms with Crippen molar-refractivity contribution in [2.75, 3.05) is 0 Å². The molecular formula is C6H8N3O2. The smallest absolute Gasteiger partial charge is 0.315 e. The molecule has 0 aliphatic rings. The SMILES string of the molecule is C[C](C)c1noc(C(N)=O)n1. The fraction of sp³-hybridized carbons (Fsp3) is 0.333. The van der Waals surface area contributed by atoms with Crippen LogP contribution in [-0.2, 0) is 0 Å². The lowest BCUT2D eigenvalue weighted by Gasteiger charge is -1.90. The van der Waals surface area contributed by atoms with Crippen LogP contribution in [0, 0.1) is 5.92 Å². The van der Waals surface area contributed by atoms with Gasteiger partial charge in [0.15, 0.2) is 5.82 Å². The maximum atomic E-state index is 10.5. The second-order valence-electron chi connectivity index (χ2n) is 2.29. The molecule has 2 N–H and O–H groups in total. The standard InChI is InChI=1S/C6H8N3O2/c1-3(2)5-8-6(4(7)10)11-9-5/h1-2H3,(H2,7,10). The summed E-state index contributed by atoms with van der Waals surface area (Å²) in [6, 6.07) is 0. The van der Waals surface area contributed by atoms with Gasteiger partial charge < -0.3 is 10.3 Å². The Morgan fingerprint density at radius 3 is 2.45 bits per heavy atom. The Morgan fingerprint density at radius 1 is 1.55 bits per heavy atom. The van der Waals surface area contributed by atoms with Crippen LogP contribution < -0.4 is 5.73 Å². The maximum Gasteiger partial charge on any atom is 0.315 e. The van der Waals surface area contributed by atoms with Gasteiger partial charge in [-0.3, -0.25) is 4.79 Å². The Hall–Kier alpha value is -1.39. The van der Waals surface area contributed by atoms with E-state index in [2.05, 4.69) is 14.7 Å². The Labute approximate surface area is 63.6 Å². The minimum absolute atomic E-state index is 0.152. The average Bonchev–Trinajstić information content (AvgIpc) is 2.33. The summed E-state index contributed by atoms with van der Waals surface area (Å²) in [6.07, 6.45) is 0. The highest BCUT2D eigenvalue weighted by molar-refractivity contribution is 5.87. The summed E-state index contributed by atoms with van der Waals surface area (Å²) in [5, 5.41) is 3.51. The molecule has 59 valence electrons. The van der Waals surface area contributed by atoms with Gasteiger partial charge in [-0.05, 0) is 0 Å². The second kappa shape index (κ2) is 2.69. The van der Waals surface area contributed by atoms with Crippen LogP contribution in [0.5, 0.6) is 0 Å². The van der Waals surface area contributed by atoms with Crippen LogP contribution in [0.25, 0.3) is 0 Å². The van der Waals surface area contributed by atoms with Crippen LogP contribution in [0.3, 0.4) is 0 Å². The molecule has 1 aromatic rings. The normalized spacial score (nSPS) is 10.5. The third-order valence-electron chi connectivity index (χ3n) is 1.08. The second-order valence-corrected chi connectivity index (χ2v) is 2.29. The molecule has 0 unspecified atom stereocenters. The molecule has 0 saturated carbocycles. The molecule has 0 aliphatic carbocycles. The average molecular weight is 154 g/mol. The topological polar surface area (TPSA) is 82.0 Å². The number of hydrogen-bond donors (Lipinski definition) is 1. The van der Waals surface area contributed by atoms with E-state index in [1.54, 1.807) is 0 Å². The number of carbonyl (C=O) groups excluding carboxylic acids is 1. The highest BCUT2D eigenvalue weighted by atomic mass is 16.5. The van der Waals surface area contributed by atoms with Crippen LogP contribution >= 0.6 is 0 Å². The van der Waals surface area contributed by atoms with Crippen molar-refractivity contribution in [3.63, 3.8) is 0 Å². The molecule has 1 rings (SSSR count). The molecule has 11 heavy (non-hydrogen) atoms. The fourth-order valence-corrected chi connectivity index (χ4v) is 0.527. The quantitative estimate of drug-likeness (QED) is 0.656. The summed E-state index contributed by atoms with van der Waals surface area (Å²) in [5.41, 5.74) is 4.88. The van der Waals surface area contributed by atoms with E-state index < -0.39 is 5.91 Å². The maximum absolute atomic E-state index is 10.5. The van der Waals surface area contributed by atoms with Gasteiger partial charge >= 0.3 is 11.8 Å². The number of aromatic nitrogens is 2. The minimum Gasteiger partial charge on any atom is -0.361 e. The Bertz CT molecular complexity index is 267.